The second kappa shape index (κ2) is 5.26. The molecule has 0 unspecified atom stereocenters. The summed E-state index contributed by atoms with van der Waals surface area (Å²) in [6.45, 7) is 0. The lowest BCUT2D eigenvalue weighted by molar-refractivity contribution is 0.603. The largest absolute Gasteiger partial charge is 0.345 e. The molecule has 0 aliphatic heterocycles. The van der Waals surface area contributed by atoms with Crippen molar-refractivity contribution < 1.29 is 8.42 Å². The zero-order valence-corrected chi connectivity index (χ0v) is 11.1. The third-order valence-corrected chi connectivity index (χ3v) is 4.26. The van der Waals surface area contributed by atoms with E-state index in [1.54, 1.807) is 6.07 Å². The number of nitrogens with one attached hydrogen (secondary N) is 1. The third-order valence-electron chi connectivity index (χ3n) is 2.33. The van der Waals surface area contributed by atoms with Crippen LogP contribution in [0.4, 0.5) is 0 Å². The minimum Gasteiger partial charge on any atom is -0.345 e. The van der Waals surface area contributed by atoms with E-state index in [4.69, 9.17) is 16.9 Å². The molecule has 0 aliphatic rings. The van der Waals surface area contributed by atoms with Crippen LogP contribution in [0.25, 0.3) is 6.08 Å². The van der Waals surface area contributed by atoms with Crippen molar-refractivity contribution in [3.05, 3.63) is 52.4 Å². The molecule has 0 saturated carbocycles. The normalized spacial score (nSPS) is 12.1. The van der Waals surface area contributed by atoms with Gasteiger partial charge in [-0.3, -0.25) is 0 Å². The highest BCUT2D eigenvalue weighted by Gasteiger charge is 2.20. The number of hydrogen-bond donors (Lipinski definition) is 1. The van der Waals surface area contributed by atoms with E-state index in [1.165, 1.54) is 42.9 Å². The molecule has 0 aliphatic carbocycles. The predicted molar refractivity (Wildman–Crippen MR) is 70.8 cm³/mol. The van der Waals surface area contributed by atoms with Crippen molar-refractivity contribution in [1.82, 2.24) is 9.97 Å². The molecule has 1 aromatic carbocycles. The molecule has 0 fully saturated rings. The van der Waals surface area contributed by atoms with Crippen molar-refractivity contribution in [3.8, 4) is 6.07 Å². The van der Waals surface area contributed by atoms with Crippen molar-refractivity contribution in [1.29, 1.82) is 5.26 Å². The van der Waals surface area contributed by atoms with Gasteiger partial charge in [0.05, 0.1) is 23.1 Å². The number of hydrogen-bond acceptors (Lipinski definition) is 4. The van der Waals surface area contributed by atoms with Gasteiger partial charge in [0, 0.05) is 5.02 Å². The molecule has 2 aromatic rings. The molecule has 0 bridgehead atoms. The van der Waals surface area contributed by atoms with E-state index in [2.05, 4.69) is 9.97 Å². The van der Waals surface area contributed by atoms with E-state index >= 15 is 0 Å². The fourth-order valence-corrected chi connectivity index (χ4v) is 2.67. The van der Waals surface area contributed by atoms with Gasteiger partial charge >= 0.3 is 0 Å². The second-order valence-corrected chi connectivity index (χ2v) is 5.94. The van der Waals surface area contributed by atoms with Crippen LogP contribution in [-0.4, -0.2) is 18.4 Å². The molecule has 0 saturated heterocycles. The Kier molecular flexibility index (Phi) is 3.69. The van der Waals surface area contributed by atoms with Crippen LogP contribution in [-0.2, 0) is 9.84 Å². The minimum absolute atomic E-state index is 0.0178. The fourth-order valence-electron chi connectivity index (χ4n) is 1.40. The molecule has 0 spiro atoms. The number of nitriles is 1. The molecule has 2 rings (SSSR count). The average Bonchev–Trinajstić information content (AvgIpc) is 2.89. The molecule has 1 aromatic heterocycles. The molecule has 0 amide bonds. The third kappa shape index (κ3) is 2.84. The maximum Gasteiger partial charge on any atom is 0.216 e. The maximum absolute atomic E-state index is 12.2. The summed E-state index contributed by atoms with van der Waals surface area (Å²) in [6, 6.07) is 7.32. The van der Waals surface area contributed by atoms with Gasteiger partial charge in [-0.05, 0) is 30.3 Å². The smallest absolute Gasteiger partial charge is 0.216 e. The first kappa shape index (κ1) is 13.3. The summed E-state index contributed by atoms with van der Waals surface area (Å²) in [5.41, 5.74) is 0.439. The average molecular weight is 294 g/mol. The lowest BCUT2D eigenvalue weighted by atomic mass is 10.4. The van der Waals surface area contributed by atoms with Gasteiger partial charge in [-0.1, -0.05) is 11.6 Å². The number of allylic oxidation sites excluding steroid dienone is 1. The number of H-pyrrole nitrogens is 1. The van der Waals surface area contributed by atoms with Crippen molar-refractivity contribution in [2.75, 3.05) is 0 Å². The van der Waals surface area contributed by atoms with Crippen LogP contribution in [0.2, 0.25) is 5.02 Å². The summed E-state index contributed by atoms with van der Waals surface area (Å²) in [7, 11) is -3.85. The number of benzene rings is 1. The van der Waals surface area contributed by atoms with Crippen LogP contribution in [0.5, 0.6) is 0 Å². The molecule has 1 N–H and O–H groups in total. The number of halogens is 1. The monoisotopic (exact) mass is 293 g/mol. The van der Waals surface area contributed by atoms with E-state index in [9.17, 15) is 8.42 Å². The standard InChI is InChI=1S/C12H8ClN3O2S/c13-9-1-3-11(4-2-9)19(17,18)12(6-14)5-10-7-15-8-16-10/h1-5,7-8H,(H,15,16). The van der Waals surface area contributed by atoms with E-state index in [1.807, 2.05) is 0 Å². The zero-order valence-electron chi connectivity index (χ0n) is 9.54. The Morgan fingerprint density at radius 1 is 1.37 bits per heavy atom. The fraction of sp³-hybridized carbons (Fsp3) is 0. The summed E-state index contributed by atoms with van der Waals surface area (Å²) in [4.78, 5) is 6.12. The van der Waals surface area contributed by atoms with E-state index in [0.29, 0.717) is 10.7 Å². The van der Waals surface area contributed by atoms with E-state index in [0.717, 1.165) is 0 Å². The van der Waals surface area contributed by atoms with Crippen molar-refractivity contribution >= 4 is 27.5 Å². The summed E-state index contributed by atoms with van der Waals surface area (Å²) in [5, 5.41) is 9.44. The Hall–Kier alpha value is -2.10. The Labute approximate surface area is 115 Å². The number of aromatic amines is 1. The zero-order chi connectivity index (χ0) is 13.9. The lowest BCUT2D eigenvalue weighted by Gasteiger charge is -2.02. The maximum atomic E-state index is 12.2. The number of imidazole rings is 1. The van der Waals surface area contributed by atoms with Crippen LogP contribution in [0, 0.1) is 11.3 Å². The summed E-state index contributed by atoms with van der Waals surface area (Å²) in [5.74, 6) is 0. The van der Waals surface area contributed by atoms with Crippen LogP contribution in [0.3, 0.4) is 0 Å². The topological polar surface area (TPSA) is 86.6 Å². The molecule has 19 heavy (non-hydrogen) atoms. The second-order valence-electron chi connectivity index (χ2n) is 3.58. The number of sulfone groups is 1. The Bertz CT molecular complexity index is 741. The van der Waals surface area contributed by atoms with E-state index in [-0.39, 0.29) is 9.80 Å². The SMILES string of the molecule is N#CC(=Cc1cnc[nH]1)S(=O)(=O)c1ccc(Cl)cc1. The molecule has 7 heteroatoms. The molecule has 1 heterocycles. The minimum atomic E-state index is -3.85. The highest BCUT2D eigenvalue weighted by atomic mass is 35.5. The first-order valence-electron chi connectivity index (χ1n) is 5.15. The Morgan fingerprint density at radius 3 is 2.58 bits per heavy atom. The summed E-state index contributed by atoms with van der Waals surface area (Å²) in [6.07, 6.45) is 4.06. The van der Waals surface area contributed by atoms with Crippen LogP contribution in [0.1, 0.15) is 5.69 Å². The van der Waals surface area contributed by atoms with Crippen molar-refractivity contribution in [2.24, 2.45) is 0 Å². The molecular weight excluding hydrogens is 286 g/mol. The van der Waals surface area contributed by atoms with Gasteiger partial charge in [0.15, 0.2) is 4.91 Å². The molecule has 5 nitrogen and oxygen atoms in total. The summed E-state index contributed by atoms with van der Waals surface area (Å²) < 4.78 is 24.5. The van der Waals surface area contributed by atoms with Gasteiger partial charge in [-0.2, -0.15) is 5.26 Å². The predicted octanol–water partition coefficient (Wildman–Crippen LogP) is 2.40. The van der Waals surface area contributed by atoms with Crippen LogP contribution < -0.4 is 0 Å². The van der Waals surface area contributed by atoms with Crippen molar-refractivity contribution in [3.63, 3.8) is 0 Å². The van der Waals surface area contributed by atoms with Gasteiger partial charge in [0.25, 0.3) is 0 Å². The van der Waals surface area contributed by atoms with E-state index < -0.39 is 9.84 Å². The quantitative estimate of drug-likeness (QED) is 0.880. The van der Waals surface area contributed by atoms with Crippen molar-refractivity contribution in [2.45, 2.75) is 4.90 Å². The number of rotatable bonds is 3. The molecular formula is C12H8ClN3O2S. The first-order chi connectivity index (χ1) is 9.04. The molecule has 96 valence electrons. The Morgan fingerprint density at radius 2 is 2.05 bits per heavy atom. The first-order valence-corrected chi connectivity index (χ1v) is 7.01. The van der Waals surface area contributed by atoms with Gasteiger partial charge in [0.2, 0.25) is 9.84 Å². The summed E-state index contributed by atoms with van der Waals surface area (Å²) >= 11 is 5.70. The highest BCUT2D eigenvalue weighted by molar-refractivity contribution is 7.95. The highest BCUT2D eigenvalue weighted by Crippen LogP contribution is 2.22. The Balaban J connectivity index is 2.49. The van der Waals surface area contributed by atoms with Crippen LogP contribution >= 0.6 is 11.6 Å². The van der Waals surface area contributed by atoms with Gasteiger partial charge in [-0.25, -0.2) is 13.4 Å². The van der Waals surface area contributed by atoms with Gasteiger partial charge in [0.1, 0.15) is 6.07 Å². The number of nitrogens with zero attached hydrogens (tertiary/aromatic N) is 2. The molecule has 0 atom stereocenters. The van der Waals surface area contributed by atoms with Crippen LogP contribution in [0.15, 0.2) is 46.6 Å². The lowest BCUT2D eigenvalue weighted by Crippen LogP contribution is -2.03. The molecule has 0 radical (unpaired) electrons. The van der Waals surface area contributed by atoms with Gasteiger partial charge < -0.3 is 4.98 Å². The number of aromatic nitrogens is 2. The van der Waals surface area contributed by atoms with Gasteiger partial charge in [-0.15, -0.1) is 0 Å².